The average Bonchev–Trinajstić information content (AvgIpc) is 2.60. The largest absolute Gasteiger partial charge is 0.469 e. The van der Waals surface area contributed by atoms with E-state index in [0.29, 0.717) is 0 Å². The van der Waals surface area contributed by atoms with Gasteiger partial charge in [-0.1, -0.05) is 6.92 Å². The summed E-state index contributed by atoms with van der Waals surface area (Å²) in [7, 11) is 3.12. The number of esters is 1. The predicted molar refractivity (Wildman–Crippen MR) is 49.4 cm³/mol. The van der Waals surface area contributed by atoms with Crippen LogP contribution in [0, 0.1) is 5.41 Å². The second-order valence-electron chi connectivity index (χ2n) is 3.62. The molecule has 3 heteroatoms. The number of hydrogen-bond acceptors (Lipinski definition) is 3. The van der Waals surface area contributed by atoms with Crippen molar-refractivity contribution < 1.29 is 14.3 Å². The number of hydrogen-bond donors (Lipinski definition) is 0. The van der Waals surface area contributed by atoms with Gasteiger partial charge in [-0.2, -0.15) is 0 Å². The van der Waals surface area contributed by atoms with Crippen LogP contribution in [0.5, 0.6) is 0 Å². The summed E-state index contributed by atoms with van der Waals surface area (Å²) in [5.41, 5.74) is -0.372. The molecule has 0 amide bonds. The highest BCUT2D eigenvalue weighted by atomic mass is 16.5. The van der Waals surface area contributed by atoms with Crippen molar-refractivity contribution in [1.29, 1.82) is 0 Å². The van der Waals surface area contributed by atoms with Crippen molar-refractivity contribution in [3.8, 4) is 0 Å². The van der Waals surface area contributed by atoms with E-state index in [-0.39, 0.29) is 17.5 Å². The van der Waals surface area contributed by atoms with Gasteiger partial charge in [-0.3, -0.25) is 4.79 Å². The van der Waals surface area contributed by atoms with E-state index in [1.807, 2.05) is 6.92 Å². The Morgan fingerprint density at radius 1 is 1.54 bits per heavy atom. The highest BCUT2D eigenvalue weighted by molar-refractivity contribution is 5.77. The molecule has 0 aromatic heterocycles. The molecule has 13 heavy (non-hydrogen) atoms. The molecule has 0 aromatic rings. The van der Waals surface area contributed by atoms with E-state index in [9.17, 15) is 4.79 Å². The van der Waals surface area contributed by atoms with Crippen molar-refractivity contribution in [2.24, 2.45) is 5.41 Å². The molecule has 1 rings (SSSR count). The highest BCUT2D eigenvalue weighted by Crippen LogP contribution is 2.43. The van der Waals surface area contributed by atoms with Crippen LogP contribution < -0.4 is 0 Å². The smallest absolute Gasteiger partial charge is 0.314 e. The van der Waals surface area contributed by atoms with Crippen LogP contribution in [0.2, 0.25) is 0 Å². The minimum Gasteiger partial charge on any atom is -0.469 e. The zero-order valence-corrected chi connectivity index (χ0v) is 8.63. The third kappa shape index (κ3) is 1.57. The van der Waals surface area contributed by atoms with Crippen LogP contribution in [0.3, 0.4) is 0 Å². The first-order chi connectivity index (χ1) is 6.21. The van der Waals surface area contributed by atoms with E-state index in [2.05, 4.69) is 0 Å². The molecule has 3 nitrogen and oxygen atoms in total. The molecule has 0 radical (unpaired) electrons. The van der Waals surface area contributed by atoms with Gasteiger partial charge in [-0.15, -0.1) is 0 Å². The van der Waals surface area contributed by atoms with Crippen molar-refractivity contribution in [3.63, 3.8) is 0 Å². The lowest BCUT2D eigenvalue weighted by atomic mass is 9.81. The molecule has 0 spiro atoms. The average molecular weight is 186 g/mol. The molecule has 1 fully saturated rings. The Kier molecular flexibility index (Phi) is 3.31. The molecule has 0 heterocycles. The molecule has 0 aliphatic heterocycles. The van der Waals surface area contributed by atoms with Crippen molar-refractivity contribution in [2.45, 2.75) is 38.7 Å². The van der Waals surface area contributed by atoms with E-state index in [1.54, 1.807) is 7.11 Å². The lowest BCUT2D eigenvalue weighted by molar-refractivity contribution is -0.160. The molecule has 1 saturated carbocycles. The van der Waals surface area contributed by atoms with Crippen molar-refractivity contribution >= 4 is 5.97 Å². The second kappa shape index (κ2) is 4.09. The van der Waals surface area contributed by atoms with Crippen molar-refractivity contribution in [1.82, 2.24) is 0 Å². The number of methoxy groups -OCH3 is 2. The van der Waals surface area contributed by atoms with Crippen LogP contribution in [-0.2, 0) is 14.3 Å². The number of carbonyl (C=O) groups excluding carboxylic acids is 1. The van der Waals surface area contributed by atoms with Gasteiger partial charge < -0.3 is 9.47 Å². The monoisotopic (exact) mass is 186 g/mol. The summed E-state index contributed by atoms with van der Waals surface area (Å²) in [6, 6.07) is 0. The van der Waals surface area contributed by atoms with Crippen LogP contribution in [0.15, 0.2) is 0 Å². The molecule has 0 saturated heterocycles. The summed E-state index contributed by atoms with van der Waals surface area (Å²) in [6.45, 7) is 2.02. The fraction of sp³-hybridized carbons (Fsp3) is 0.900. The molecule has 2 atom stereocenters. The number of carbonyl (C=O) groups is 1. The van der Waals surface area contributed by atoms with Crippen LogP contribution in [0.4, 0.5) is 0 Å². The molecular weight excluding hydrogens is 168 g/mol. The fourth-order valence-electron chi connectivity index (χ4n) is 2.37. The van der Waals surface area contributed by atoms with E-state index < -0.39 is 0 Å². The Morgan fingerprint density at radius 2 is 2.23 bits per heavy atom. The summed E-state index contributed by atoms with van der Waals surface area (Å²) in [6.07, 6.45) is 3.78. The van der Waals surface area contributed by atoms with Crippen LogP contribution in [0.25, 0.3) is 0 Å². The molecule has 1 aliphatic rings. The first-order valence-corrected chi connectivity index (χ1v) is 4.82. The summed E-state index contributed by atoms with van der Waals surface area (Å²) >= 11 is 0. The minimum absolute atomic E-state index is 0.0462. The SMILES string of the molecule is CCC1(C(=O)OC)CCCC1OC. The Bertz CT molecular complexity index is 191. The zero-order chi connectivity index (χ0) is 9.90. The minimum atomic E-state index is -0.372. The molecule has 0 N–H and O–H groups in total. The summed E-state index contributed by atoms with van der Waals surface area (Å²) in [5, 5.41) is 0. The molecule has 1 aliphatic carbocycles. The third-order valence-electron chi connectivity index (χ3n) is 3.21. The number of ether oxygens (including phenoxy) is 2. The van der Waals surface area contributed by atoms with Crippen molar-refractivity contribution in [2.75, 3.05) is 14.2 Å². The van der Waals surface area contributed by atoms with Crippen LogP contribution in [0.1, 0.15) is 32.6 Å². The summed E-state index contributed by atoms with van der Waals surface area (Å²) < 4.78 is 10.2. The van der Waals surface area contributed by atoms with Gasteiger partial charge in [0.25, 0.3) is 0 Å². The molecule has 76 valence electrons. The van der Waals surface area contributed by atoms with Gasteiger partial charge in [0.1, 0.15) is 0 Å². The maximum Gasteiger partial charge on any atom is 0.314 e. The van der Waals surface area contributed by atoms with Crippen LogP contribution in [-0.4, -0.2) is 26.3 Å². The van der Waals surface area contributed by atoms with Gasteiger partial charge >= 0.3 is 5.97 Å². The van der Waals surface area contributed by atoms with E-state index >= 15 is 0 Å². The van der Waals surface area contributed by atoms with Gasteiger partial charge in [-0.25, -0.2) is 0 Å². The Labute approximate surface area is 79.4 Å². The van der Waals surface area contributed by atoms with Crippen molar-refractivity contribution in [3.05, 3.63) is 0 Å². The molecular formula is C10H18O3. The fourth-order valence-corrected chi connectivity index (χ4v) is 2.37. The van der Waals surface area contributed by atoms with Crippen LogP contribution >= 0.6 is 0 Å². The zero-order valence-electron chi connectivity index (χ0n) is 8.63. The van der Waals surface area contributed by atoms with Gasteiger partial charge in [0, 0.05) is 7.11 Å². The highest BCUT2D eigenvalue weighted by Gasteiger charge is 2.48. The van der Waals surface area contributed by atoms with E-state index in [4.69, 9.17) is 9.47 Å². The predicted octanol–water partition coefficient (Wildman–Crippen LogP) is 1.75. The lowest BCUT2D eigenvalue weighted by Crippen LogP contribution is -2.39. The Morgan fingerprint density at radius 3 is 2.69 bits per heavy atom. The lowest BCUT2D eigenvalue weighted by Gasteiger charge is -2.30. The first kappa shape index (κ1) is 10.5. The van der Waals surface area contributed by atoms with E-state index in [1.165, 1.54) is 7.11 Å². The summed E-state index contributed by atoms with van der Waals surface area (Å²) in [5.74, 6) is -0.112. The van der Waals surface area contributed by atoms with Gasteiger partial charge in [0.05, 0.1) is 18.6 Å². The Hall–Kier alpha value is -0.570. The normalized spacial score (nSPS) is 33.3. The number of rotatable bonds is 3. The van der Waals surface area contributed by atoms with E-state index in [0.717, 1.165) is 25.7 Å². The summed E-state index contributed by atoms with van der Waals surface area (Å²) in [4.78, 5) is 11.6. The quantitative estimate of drug-likeness (QED) is 0.630. The molecule has 0 bridgehead atoms. The van der Waals surface area contributed by atoms with Gasteiger partial charge in [-0.05, 0) is 25.7 Å². The molecule has 2 unspecified atom stereocenters. The molecule has 0 aromatic carbocycles. The second-order valence-corrected chi connectivity index (χ2v) is 3.62. The maximum atomic E-state index is 11.6. The van der Waals surface area contributed by atoms with Gasteiger partial charge in [0.15, 0.2) is 0 Å². The first-order valence-electron chi connectivity index (χ1n) is 4.82. The standard InChI is InChI=1S/C10H18O3/c1-4-10(9(11)13-3)7-5-6-8(10)12-2/h8H,4-7H2,1-3H3. The third-order valence-corrected chi connectivity index (χ3v) is 3.21. The van der Waals surface area contributed by atoms with Gasteiger partial charge in [0.2, 0.25) is 0 Å². The Balaban J connectivity index is 2.83. The maximum absolute atomic E-state index is 11.6. The topological polar surface area (TPSA) is 35.5 Å².